The molecule has 0 aromatic heterocycles. The fraction of sp³-hybridized carbons (Fsp3) is 0.462. The molecule has 0 bridgehead atoms. The van der Waals surface area contributed by atoms with Crippen LogP contribution in [-0.4, -0.2) is 57.0 Å². The van der Waals surface area contributed by atoms with Crippen molar-refractivity contribution in [1.29, 1.82) is 0 Å². The second-order valence-electron chi connectivity index (χ2n) is 10.3. The van der Waals surface area contributed by atoms with Gasteiger partial charge in [-0.25, -0.2) is 12.8 Å². The Kier molecular flexibility index (Phi) is 7.45. The Morgan fingerprint density at radius 3 is 2.40 bits per heavy atom. The first kappa shape index (κ1) is 29.4. The van der Waals surface area contributed by atoms with Crippen molar-refractivity contribution < 1.29 is 54.9 Å². The maximum absolute atomic E-state index is 14.0. The standard InChI is InChI=1S/C26H27F4NO8S/c1-24(2,26(28,29)30)39-22(32)11-15-4-7-20-19(10-15)31(14-16(38-20)13-25(8-9-25)23(33)34)40(35,36)17-5-6-18(27)21(12-17)37-3/h4-7,10,12,16H,8-9,11,13-14H2,1-3H3,(H,33,34)/t16-/m1/s1. The van der Waals surface area contributed by atoms with E-state index in [2.05, 4.69) is 4.74 Å². The highest BCUT2D eigenvalue weighted by atomic mass is 32.2. The smallest absolute Gasteiger partial charge is 0.427 e. The fourth-order valence-corrected chi connectivity index (χ4v) is 5.88. The van der Waals surface area contributed by atoms with Crippen molar-refractivity contribution in [3.8, 4) is 11.5 Å². The Balaban J connectivity index is 1.70. The molecule has 0 spiro atoms. The minimum absolute atomic E-state index is 0.0277. The number of benzene rings is 2. The molecular weight excluding hydrogens is 562 g/mol. The van der Waals surface area contributed by atoms with Crippen LogP contribution in [-0.2, 0) is 30.8 Å². The number of anilines is 1. The zero-order chi connectivity index (χ0) is 29.7. The molecule has 1 heterocycles. The van der Waals surface area contributed by atoms with Gasteiger partial charge >= 0.3 is 18.1 Å². The number of carbonyl (C=O) groups is 2. The molecule has 2 aromatic carbocycles. The molecule has 1 N–H and O–H groups in total. The van der Waals surface area contributed by atoms with Crippen LogP contribution in [0.3, 0.4) is 0 Å². The number of hydrogen-bond donors (Lipinski definition) is 1. The van der Waals surface area contributed by atoms with Crippen LogP contribution in [0.1, 0.15) is 38.7 Å². The summed E-state index contributed by atoms with van der Waals surface area (Å²) >= 11 is 0. The highest BCUT2D eigenvalue weighted by Gasteiger charge is 2.53. The predicted octanol–water partition coefficient (Wildman–Crippen LogP) is 4.47. The molecule has 0 radical (unpaired) electrons. The van der Waals surface area contributed by atoms with E-state index in [0.29, 0.717) is 26.7 Å². The maximum Gasteiger partial charge on any atom is 0.427 e. The van der Waals surface area contributed by atoms with Gasteiger partial charge in [-0.05, 0) is 56.5 Å². The second kappa shape index (κ2) is 10.1. The highest BCUT2D eigenvalue weighted by molar-refractivity contribution is 7.92. The van der Waals surface area contributed by atoms with Crippen LogP contribution in [0.15, 0.2) is 41.3 Å². The molecule has 0 unspecified atom stereocenters. The van der Waals surface area contributed by atoms with Crippen LogP contribution >= 0.6 is 0 Å². The number of ether oxygens (including phenoxy) is 3. The van der Waals surface area contributed by atoms with Crippen molar-refractivity contribution >= 4 is 27.6 Å². The van der Waals surface area contributed by atoms with Gasteiger partial charge in [-0.1, -0.05) is 6.07 Å². The minimum atomic E-state index is -4.81. The van der Waals surface area contributed by atoms with Crippen molar-refractivity contribution in [3.63, 3.8) is 0 Å². The average Bonchev–Trinajstić information content (AvgIpc) is 3.63. The molecule has 1 aliphatic heterocycles. The van der Waals surface area contributed by atoms with Gasteiger partial charge in [0.05, 0.1) is 36.1 Å². The molecule has 4 rings (SSSR count). The van der Waals surface area contributed by atoms with Gasteiger partial charge in [0.25, 0.3) is 10.0 Å². The average molecular weight is 590 g/mol. The number of halogens is 4. The molecule has 0 amide bonds. The fourth-order valence-electron chi connectivity index (χ4n) is 4.37. The van der Waals surface area contributed by atoms with Gasteiger partial charge in [-0.3, -0.25) is 13.9 Å². The lowest BCUT2D eigenvalue weighted by Crippen LogP contribution is -2.45. The van der Waals surface area contributed by atoms with Crippen molar-refractivity contribution in [2.45, 2.75) is 62.3 Å². The van der Waals surface area contributed by atoms with Gasteiger partial charge in [-0.2, -0.15) is 13.2 Å². The Labute approximate surface area is 227 Å². The molecule has 14 heteroatoms. The molecular formula is C26H27F4NO8S. The largest absolute Gasteiger partial charge is 0.494 e. The van der Waals surface area contributed by atoms with Gasteiger partial charge in [0.2, 0.25) is 5.60 Å². The number of sulfonamides is 1. The van der Waals surface area contributed by atoms with E-state index in [1.165, 1.54) is 25.3 Å². The summed E-state index contributed by atoms with van der Waals surface area (Å²) in [6, 6.07) is 6.96. The molecule has 1 aliphatic carbocycles. The van der Waals surface area contributed by atoms with E-state index in [9.17, 15) is 40.7 Å². The normalized spacial score (nSPS) is 18.4. The lowest BCUT2D eigenvalue weighted by molar-refractivity contribution is -0.257. The van der Waals surface area contributed by atoms with Crippen LogP contribution in [0.2, 0.25) is 0 Å². The Hall–Kier alpha value is -3.55. The predicted molar refractivity (Wildman–Crippen MR) is 132 cm³/mol. The molecule has 2 aliphatic rings. The topological polar surface area (TPSA) is 119 Å². The third-order valence-electron chi connectivity index (χ3n) is 6.99. The van der Waals surface area contributed by atoms with Crippen LogP contribution in [0.25, 0.3) is 0 Å². The monoisotopic (exact) mass is 589 g/mol. The van der Waals surface area contributed by atoms with Crippen LogP contribution in [0.4, 0.5) is 23.2 Å². The van der Waals surface area contributed by atoms with Gasteiger partial charge < -0.3 is 19.3 Å². The Bertz CT molecular complexity index is 1440. The molecule has 218 valence electrons. The van der Waals surface area contributed by atoms with Crippen LogP contribution in [0, 0.1) is 11.2 Å². The number of carbonyl (C=O) groups excluding carboxylic acids is 1. The van der Waals surface area contributed by atoms with Gasteiger partial charge in [-0.15, -0.1) is 0 Å². The van der Waals surface area contributed by atoms with E-state index in [-0.39, 0.29) is 40.6 Å². The van der Waals surface area contributed by atoms with Crippen LogP contribution < -0.4 is 13.8 Å². The minimum Gasteiger partial charge on any atom is -0.494 e. The number of carboxylic acid groups (broad SMARTS) is 1. The maximum atomic E-state index is 14.0. The van der Waals surface area contributed by atoms with E-state index >= 15 is 0 Å². The van der Waals surface area contributed by atoms with Crippen molar-refractivity contribution in [1.82, 2.24) is 0 Å². The molecule has 1 atom stereocenters. The van der Waals surface area contributed by atoms with E-state index in [0.717, 1.165) is 22.5 Å². The molecule has 2 aromatic rings. The van der Waals surface area contributed by atoms with Gasteiger partial charge in [0.15, 0.2) is 11.6 Å². The summed E-state index contributed by atoms with van der Waals surface area (Å²) in [6.45, 7) is 1.11. The summed E-state index contributed by atoms with van der Waals surface area (Å²) in [5.41, 5.74) is -3.66. The zero-order valence-electron chi connectivity index (χ0n) is 21.7. The summed E-state index contributed by atoms with van der Waals surface area (Å²) in [4.78, 5) is 23.8. The molecule has 9 nitrogen and oxygen atoms in total. The third-order valence-corrected chi connectivity index (χ3v) is 8.77. The van der Waals surface area contributed by atoms with E-state index < -0.39 is 57.5 Å². The van der Waals surface area contributed by atoms with E-state index in [1.807, 2.05) is 0 Å². The SMILES string of the molecule is COc1cc(S(=O)(=O)N2C[C@@H](CC3(C(=O)O)CC3)Oc3ccc(CC(=O)OC(C)(C)C(F)(F)F)cc32)ccc1F. The van der Waals surface area contributed by atoms with E-state index in [1.54, 1.807) is 0 Å². The third kappa shape index (κ3) is 5.67. The zero-order valence-corrected chi connectivity index (χ0v) is 22.6. The second-order valence-corrected chi connectivity index (χ2v) is 12.2. The lowest BCUT2D eigenvalue weighted by Gasteiger charge is -2.36. The van der Waals surface area contributed by atoms with Crippen molar-refractivity contribution in [2.75, 3.05) is 18.0 Å². The molecule has 0 saturated heterocycles. The molecule has 40 heavy (non-hydrogen) atoms. The first-order valence-electron chi connectivity index (χ1n) is 12.2. The summed E-state index contributed by atoms with van der Waals surface area (Å²) in [5, 5.41) is 9.62. The Morgan fingerprint density at radius 1 is 1.15 bits per heavy atom. The summed E-state index contributed by atoms with van der Waals surface area (Å²) in [5.74, 6) is -3.26. The number of methoxy groups -OCH3 is 1. The number of fused-ring (bicyclic) bond motifs is 1. The quantitative estimate of drug-likeness (QED) is 0.336. The molecule has 1 fully saturated rings. The summed E-state index contributed by atoms with van der Waals surface area (Å²) in [7, 11) is -3.24. The van der Waals surface area contributed by atoms with Crippen LogP contribution in [0.5, 0.6) is 11.5 Å². The number of hydrogen-bond acceptors (Lipinski definition) is 7. The summed E-state index contributed by atoms with van der Waals surface area (Å²) in [6.07, 6.45) is -5.42. The Morgan fingerprint density at radius 2 is 1.82 bits per heavy atom. The lowest BCUT2D eigenvalue weighted by atomic mass is 9.97. The number of esters is 1. The van der Waals surface area contributed by atoms with E-state index in [4.69, 9.17) is 9.47 Å². The molecule has 1 saturated carbocycles. The number of nitrogens with zero attached hydrogens (tertiary/aromatic N) is 1. The first-order chi connectivity index (χ1) is 18.5. The van der Waals surface area contributed by atoms with Crippen molar-refractivity contribution in [2.24, 2.45) is 5.41 Å². The number of rotatable bonds is 9. The number of carboxylic acids is 1. The van der Waals surface area contributed by atoms with Gasteiger partial charge in [0, 0.05) is 12.5 Å². The highest BCUT2D eigenvalue weighted by Crippen LogP contribution is 2.51. The summed E-state index contributed by atoms with van der Waals surface area (Å²) < 4.78 is 97.5. The van der Waals surface area contributed by atoms with Gasteiger partial charge in [0.1, 0.15) is 11.9 Å². The number of alkyl halides is 3. The number of aliphatic carboxylic acids is 1. The first-order valence-corrected chi connectivity index (χ1v) is 13.6. The van der Waals surface area contributed by atoms with Crippen molar-refractivity contribution in [3.05, 3.63) is 47.8 Å².